The van der Waals surface area contributed by atoms with Crippen LogP contribution in [0, 0.1) is 0 Å². The second kappa shape index (κ2) is 6.83. The Labute approximate surface area is 187 Å². The number of amides is 1. The van der Waals surface area contributed by atoms with Gasteiger partial charge in [-0.3, -0.25) is 9.69 Å². The number of hydrogen-bond donors (Lipinski definition) is 3. The molecule has 0 radical (unpaired) electrons. The first-order valence-corrected chi connectivity index (χ1v) is 11.4. The fourth-order valence-electron chi connectivity index (χ4n) is 7.00. The van der Waals surface area contributed by atoms with Crippen LogP contribution in [0.25, 0.3) is 0 Å². The Morgan fingerprint density at radius 3 is 2.84 bits per heavy atom. The van der Waals surface area contributed by atoms with Gasteiger partial charge in [0.1, 0.15) is 6.10 Å². The number of rotatable bonds is 4. The lowest BCUT2D eigenvalue weighted by molar-refractivity contribution is -0.188. The minimum absolute atomic E-state index is 0.0471. The van der Waals surface area contributed by atoms with E-state index in [9.17, 15) is 15.0 Å². The van der Waals surface area contributed by atoms with E-state index in [1.54, 1.807) is 18.2 Å². The van der Waals surface area contributed by atoms with Crippen LogP contribution in [0.1, 0.15) is 40.7 Å². The molecule has 6 rings (SSSR count). The van der Waals surface area contributed by atoms with Crippen molar-refractivity contribution >= 4 is 5.91 Å². The minimum Gasteiger partial charge on any atom is -0.504 e. The summed E-state index contributed by atoms with van der Waals surface area (Å²) < 4.78 is 6.46. The summed E-state index contributed by atoms with van der Waals surface area (Å²) in [6.07, 6.45) is 4.08. The lowest BCUT2D eigenvalue weighted by Gasteiger charge is -2.64. The molecule has 2 aromatic carbocycles. The second-order valence-corrected chi connectivity index (χ2v) is 9.62. The average molecular weight is 433 g/mol. The van der Waals surface area contributed by atoms with Crippen molar-refractivity contribution in [1.82, 2.24) is 10.2 Å². The molecular formula is C26H28N2O4. The molecule has 2 unspecified atom stereocenters. The van der Waals surface area contributed by atoms with E-state index in [-0.39, 0.29) is 23.7 Å². The maximum absolute atomic E-state index is 13.0. The van der Waals surface area contributed by atoms with Crippen molar-refractivity contribution in [3.63, 3.8) is 0 Å². The Balaban J connectivity index is 1.45. The van der Waals surface area contributed by atoms with Gasteiger partial charge in [-0.15, -0.1) is 6.58 Å². The van der Waals surface area contributed by atoms with Gasteiger partial charge in [0.25, 0.3) is 5.91 Å². The highest BCUT2D eigenvalue weighted by molar-refractivity contribution is 5.94. The van der Waals surface area contributed by atoms with E-state index in [0.717, 1.165) is 24.2 Å². The van der Waals surface area contributed by atoms with E-state index in [1.165, 1.54) is 0 Å². The number of nitrogens with zero attached hydrogens (tertiary/aromatic N) is 1. The summed E-state index contributed by atoms with van der Waals surface area (Å²) in [7, 11) is 0. The number of phenolic OH excluding ortho intramolecular Hbond substituents is 1. The number of benzene rings is 2. The van der Waals surface area contributed by atoms with Crippen molar-refractivity contribution in [3.05, 3.63) is 71.8 Å². The second-order valence-electron chi connectivity index (χ2n) is 9.62. The van der Waals surface area contributed by atoms with Crippen LogP contribution in [-0.2, 0) is 11.8 Å². The summed E-state index contributed by atoms with van der Waals surface area (Å²) in [6.45, 7) is 5.45. The fourth-order valence-corrected chi connectivity index (χ4v) is 7.00. The molecule has 5 atom stereocenters. The summed E-state index contributed by atoms with van der Waals surface area (Å²) in [5.74, 6) is 0.454. The Hall–Kier alpha value is -2.83. The number of ether oxygens (including phenoxy) is 1. The summed E-state index contributed by atoms with van der Waals surface area (Å²) in [4.78, 5) is 15.3. The third kappa shape index (κ3) is 2.39. The van der Waals surface area contributed by atoms with Crippen LogP contribution in [0.15, 0.2) is 55.1 Å². The van der Waals surface area contributed by atoms with Gasteiger partial charge >= 0.3 is 0 Å². The lowest BCUT2D eigenvalue weighted by Crippen LogP contribution is -2.78. The monoisotopic (exact) mass is 432 g/mol. The SMILES string of the molecule is C=CCN1CC[C@]23c4c5ccc(O)c4OC2C(NC(=O)c2ccccc2)CC[C@@]3(O)[C@H]1C5. The molecule has 2 aromatic rings. The number of piperidine rings is 1. The molecule has 3 N–H and O–H groups in total. The number of nitrogens with one attached hydrogen (secondary N) is 1. The zero-order chi connectivity index (χ0) is 22.1. The highest BCUT2D eigenvalue weighted by atomic mass is 16.5. The van der Waals surface area contributed by atoms with Crippen LogP contribution in [-0.4, -0.2) is 57.9 Å². The van der Waals surface area contributed by atoms with Gasteiger partial charge in [0, 0.05) is 23.7 Å². The molecule has 4 aliphatic rings. The number of aromatic hydroxyl groups is 1. The molecule has 1 amide bonds. The molecule has 2 fully saturated rings. The molecule has 1 saturated carbocycles. The molecule has 1 saturated heterocycles. The van der Waals surface area contributed by atoms with Crippen molar-refractivity contribution in [3.8, 4) is 11.5 Å². The first-order valence-electron chi connectivity index (χ1n) is 11.4. The minimum atomic E-state index is -0.987. The standard InChI is InChI=1S/C26H28N2O4/c1-2-13-28-14-12-25-21-17-8-9-19(29)22(21)32-23(25)18(10-11-26(25,31)20(28)15-17)27-24(30)16-6-4-3-5-7-16/h2-9,18,20,23,29,31H,1,10-15H2,(H,27,30)/t18?,20-,23?,25+,26-/m1/s1. The molecule has 2 bridgehead atoms. The van der Waals surface area contributed by atoms with Gasteiger partial charge in [0.05, 0.1) is 17.1 Å². The summed E-state index contributed by atoms with van der Waals surface area (Å²) in [6, 6.07) is 12.5. The Kier molecular flexibility index (Phi) is 4.23. The molecule has 2 aliphatic carbocycles. The van der Waals surface area contributed by atoms with Crippen molar-refractivity contribution in [2.45, 2.75) is 54.9 Å². The predicted octanol–water partition coefficient (Wildman–Crippen LogP) is 2.53. The number of carbonyl (C=O) groups excluding carboxylic acids is 1. The molecule has 6 nitrogen and oxygen atoms in total. The van der Waals surface area contributed by atoms with Gasteiger partial charge in [-0.25, -0.2) is 0 Å². The molecule has 6 heteroatoms. The molecule has 32 heavy (non-hydrogen) atoms. The average Bonchev–Trinajstić information content (AvgIpc) is 3.15. The molecule has 2 aliphatic heterocycles. The topological polar surface area (TPSA) is 82.0 Å². The smallest absolute Gasteiger partial charge is 0.251 e. The molecule has 2 heterocycles. The molecule has 1 spiro atoms. The van der Waals surface area contributed by atoms with E-state index in [4.69, 9.17) is 4.74 Å². The Morgan fingerprint density at radius 1 is 1.25 bits per heavy atom. The van der Waals surface area contributed by atoms with Gasteiger partial charge in [-0.2, -0.15) is 0 Å². The van der Waals surface area contributed by atoms with Gasteiger partial charge in [-0.1, -0.05) is 30.3 Å². The van der Waals surface area contributed by atoms with Crippen LogP contribution >= 0.6 is 0 Å². The van der Waals surface area contributed by atoms with Crippen molar-refractivity contribution in [2.24, 2.45) is 0 Å². The van der Waals surface area contributed by atoms with Crippen molar-refractivity contribution < 1.29 is 19.7 Å². The first-order chi connectivity index (χ1) is 15.5. The molecular weight excluding hydrogens is 404 g/mol. The number of phenols is 1. The molecule has 0 aromatic heterocycles. The lowest BCUT2D eigenvalue weighted by atomic mass is 9.48. The van der Waals surface area contributed by atoms with E-state index >= 15 is 0 Å². The van der Waals surface area contributed by atoms with Crippen molar-refractivity contribution in [1.29, 1.82) is 0 Å². The maximum atomic E-state index is 13.0. The number of hydrogen-bond acceptors (Lipinski definition) is 5. The van der Waals surface area contributed by atoms with Crippen LogP contribution in [0.5, 0.6) is 11.5 Å². The van der Waals surface area contributed by atoms with Crippen LogP contribution in [0.2, 0.25) is 0 Å². The zero-order valence-electron chi connectivity index (χ0n) is 18.0. The van der Waals surface area contributed by atoms with Gasteiger partial charge in [0.2, 0.25) is 0 Å². The molecule has 166 valence electrons. The van der Waals surface area contributed by atoms with Gasteiger partial charge < -0.3 is 20.3 Å². The van der Waals surface area contributed by atoms with E-state index in [1.807, 2.05) is 30.3 Å². The number of carbonyl (C=O) groups is 1. The van der Waals surface area contributed by atoms with Crippen LogP contribution in [0.4, 0.5) is 0 Å². The van der Waals surface area contributed by atoms with E-state index in [2.05, 4.69) is 16.8 Å². The van der Waals surface area contributed by atoms with E-state index < -0.39 is 17.1 Å². The van der Waals surface area contributed by atoms with Gasteiger partial charge in [0.15, 0.2) is 11.5 Å². The largest absolute Gasteiger partial charge is 0.504 e. The Bertz CT molecular complexity index is 1100. The quantitative estimate of drug-likeness (QED) is 0.647. The van der Waals surface area contributed by atoms with Crippen molar-refractivity contribution in [2.75, 3.05) is 13.1 Å². The fraction of sp³-hybridized carbons (Fsp3) is 0.423. The van der Waals surface area contributed by atoms with Crippen LogP contribution < -0.4 is 10.1 Å². The number of aliphatic hydroxyl groups is 1. The highest BCUT2D eigenvalue weighted by Gasteiger charge is 2.72. The summed E-state index contributed by atoms with van der Waals surface area (Å²) in [5, 5.41) is 26.2. The van der Waals surface area contributed by atoms with E-state index in [0.29, 0.717) is 37.0 Å². The zero-order valence-corrected chi connectivity index (χ0v) is 18.0. The maximum Gasteiger partial charge on any atom is 0.251 e. The number of likely N-dealkylation sites (tertiary alicyclic amines) is 1. The normalized spacial score (nSPS) is 34.3. The predicted molar refractivity (Wildman–Crippen MR) is 120 cm³/mol. The van der Waals surface area contributed by atoms with Gasteiger partial charge in [-0.05, 0) is 56.0 Å². The first kappa shape index (κ1) is 19.8. The third-order valence-electron chi connectivity index (χ3n) is 8.29. The Morgan fingerprint density at radius 2 is 2.06 bits per heavy atom. The third-order valence-corrected chi connectivity index (χ3v) is 8.29. The highest BCUT2D eigenvalue weighted by Crippen LogP contribution is 2.65. The summed E-state index contributed by atoms with van der Waals surface area (Å²) in [5.41, 5.74) is 1.05. The summed E-state index contributed by atoms with van der Waals surface area (Å²) >= 11 is 0. The van der Waals surface area contributed by atoms with Crippen LogP contribution in [0.3, 0.4) is 0 Å².